The van der Waals surface area contributed by atoms with Gasteiger partial charge in [-0.3, -0.25) is 4.79 Å². The monoisotopic (exact) mass is 288 g/mol. The Kier molecular flexibility index (Phi) is 4.11. The molecule has 2 rings (SSSR count). The lowest BCUT2D eigenvalue weighted by atomic mass is 9.97. The van der Waals surface area contributed by atoms with Gasteiger partial charge in [0.1, 0.15) is 12.1 Å². The molecule has 0 N–H and O–H groups in total. The zero-order valence-electron chi connectivity index (χ0n) is 13.1. The van der Waals surface area contributed by atoms with Gasteiger partial charge in [0.15, 0.2) is 5.43 Å². The minimum absolute atomic E-state index is 0.167. The van der Waals surface area contributed by atoms with E-state index in [-0.39, 0.29) is 17.9 Å². The van der Waals surface area contributed by atoms with Crippen molar-refractivity contribution in [3.63, 3.8) is 0 Å². The van der Waals surface area contributed by atoms with E-state index in [1.54, 1.807) is 19.0 Å². The Hall–Kier alpha value is -2.17. The first-order valence-corrected chi connectivity index (χ1v) is 6.94. The maximum absolute atomic E-state index is 12.8. The van der Waals surface area contributed by atoms with Crippen molar-refractivity contribution in [2.75, 3.05) is 19.0 Å². The summed E-state index contributed by atoms with van der Waals surface area (Å²) in [5.41, 5.74) is 2.58. The topological polar surface area (TPSA) is 62.9 Å². The molecule has 5 heteroatoms. The van der Waals surface area contributed by atoms with Crippen molar-refractivity contribution in [2.24, 2.45) is 5.18 Å². The molecule has 21 heavy (non-hydrogen) atoms. The van der Waals surface area contributed by atoms with Crippen LogP contribution < -0.4 is 10.3 Å². The molecular formula is C16H20N2O3. The van der Waals surface area contributed by atoms with E-state index in [1.165, 1.54) is 0 Å². The van der Waals surface area contributed by atoms with Crippen LogP contribution in [-0.2, 0) is 6.54 Å². The number of aryl methyl sites for hydroxylation is 1. The third-order valence-electron chi connectivity index (χ3n) is 3.61. The number of rotatable bonds is 4. The minimum atomic E-state index is -0.183. The molecule has 0 saturated heterocycles. The van der Waals surface area contributed by atoms with E-state index < -0.39 is 0 Å². The van der Waals surface area contributed by atoms with Gasteiger partial charge in [0, 0.05) is 14.1 Å². The number of nitrogens with zero attached hydrogens (tertiary/aromatic N) is 2. The average Bonchev–Trinajstić information content (AvgIpc) is 2.41. The van der Waals surface area contributed by atoms with Crippen molar-refractivity contribution < 1.29 is 4.42 Å². The summed E-state index contributed by atoms with van der Waals surface area (Å²) in [6.07, 6.45) is 0. The molecule has 0 aliphatic rings. The van der Waals surface area contributed by atoms with E-state index in [1.807, 2.05) is 19.1 Å². The fraction of sp³-hybridized carbons (Fsp3) is 0.438. The number of fused-ring (bicyclic) bond motifs is 1. The van der Waals surface area contributed by atoms with E-state index in [0.29, 0.717) is 22.4 Å². The molecule has 2 aromatic rings. The quantitative estimate of drug-likeness (QED) is 0.807. The second kappa shape index (κ2) is 5.68. The standard InChI is InChI=1S/C16H20N2O3/c1-9(2)11-7-6-10(3)13-14(19)12(8-17-20)16(18(4)5)21-15(11)13/h6-7,9H,8H2,1-5H3. The summed E-state index contributed by atoms with van der Waals surface area (Å²) in [7, 11) is 3.56. The highest BCUT2D eigenvalue weighted by Crippen LogP contribution is 2.30. The molecule has 0 aliphatic heterocycles. The van der Waals surface area contributed by atoms with Gasteiger partial charge in [0.25, 0.3) is 0 Å². The smallest absolute Gasteiger partial charge is 0.204 e. The normalized spacial score (nSPS) is 11.1. The number of anilines is 1. The highest BCUT2D eigenvalue weighted by atomic mass is 16.4. The van der Waals surface area contributed by atoms with E-state index in [4.69, 9.17) is 4.42 Å². The Labute approximate surface area is 123 Å². The molecule has 0 aliphatic carbocycles. The maximum Gasteiger partial charge on any atom is 0.204 e. The summed E-state index contributed by atoms with van der Waals surface area (Å²) in [5, 5.41) is 3.41. The lowest BCUT2D eigenvalue weighted by Crippen LogP contribution is -2.19. The van der Waals surface area contributed by atoms with Crippen LogP contribution in [0.3, 0.4) is 0 Å². The van der Waals surface area contributed by atoms with E-state index >= 15 is 0 Å². The second-order valence-corrected chi connectivity index (χ2v) is 5.73. The summed E-state index contributed by atoms with van der Waals surface area (Å²) < 4.78 is 5.99. The van der Waals surface area contributed by atoms with Crippen molar-refractivity contribution in [1.82, 2.24) is 0 Å². The van der Waals surface area contributed by atoms with Gasteiger partial charge in [-0.05, 0) is 24.0 Å². The van der Waals surface area contributed by atoms with E-state index in [9.17, 15) is 9.70 Å². The highest BCUT2D eigenvalue weighted by Gasteiger charge is 2.20. The van der Waals surface area contributed by atoms with Crippen LogP contribution in [-0.4, -0.2) is 14.1 Å². The summed E-state index contributed by atoms with van der Waals surface area (Å²) in [6.45, 7) is 5.80. The molecule has 0 spiro atoms. The van der Waals surface area contributed by atoms with Crippen LogP contribution in [0.4, 0.5) is 5.88 Å². The molecule has 0 radical (unpaired) electrons. The van der Waals surface area contributed by atoms with Gasteiger partial charge >= 0.3 is 0 Å². The summed E-state index contributed by atoms with van der Waals surface area (Å²) in [4.78, 5) is 25.1. The maximum atomic E-state index is 12.8. The van der Waals surface area contributed by atoms with Crippen LogP contribution in [0, 0.1) is 11.8 Å². The number of nitroso groups, excluding NO2 is 1. The summed E-state index contributed by atoms with van der Waals surface area (Å²) >= 11 is 0. The van der Waals surface area contributed by atoms with Crippen molar-refractivity contribution in [1.29, 1.82) is 0 Å². The van der Waals surface area contributed by atoms with E-state index in [2.05, 4.69) is 19.0 Å². The lowest BCUT2D eigenvalue weighted by molar-refractivity contribution is 0.581. The Morgan fingerprint density at radius 2 is 1.95 bits per heavy atom. The molecular weight excluding hydrogens is 268 g/mol. The van der Waals surface area contributed by atoms with Crippen molar-refractivity contribution in [3.05, 3.63) is 44.0 Å². The second-order valence-electron chi connectivity index (χ2n) is 5.73. The third kappa shape index (κ3) is 2.55. The lowest BCUT2D eigenvalue weighted by Gasteiger charge is -2.18. The molecule has 112 valence electrons. The zero-order valence-corrected chi connectivity index (χ0v) is 13.1. The average molecular weight is 288 g/mol. The SMILES string of the molecule is Cc1ccc(C(C)C)c2oc(N(C)C)c(CN=O)c(=O)c12. The molecule has 1 aromatic carbocycles. The summed E-state index contributed by atoms with van der Waals surface area (Å²) in [5.74, 6) is 0.640. The Bertz CT molecular complexity index is 745. The Balaban J connectivity index is 2.98. The van der Waals surface area contributed by atoms with Crippen LogP contribution in [0.2, 0.25) is 0 Å². The molecule has 0 saturated carbocycles. The molecule has 0 unspecified atom stereocenters. The molecule has 1 heterocycles. The molecule has 5 nitrogen and oxygen atoms in total. The Morgan fingerprint density at radius 1 is 1.29 bits per heavy atom. The van der Waals surface area contributed by atoms with Gasteiger partial charge in [-0.2, -0.15) is 4.91 Å². The predicted octanol–water partition coefficient (Wildman–Crippen LogP) is 3.56. The largest absolute Gasteiger partial charge is 0.440 e. The third-order valence-corrected chi connectivity index (χ3v) is 3.61. The van der Waals surface area contributed by atoms with Crippen LogP contribution >= 0.6 is 0 Å². The first kappa shape index (κ1) is 15.2. The highest BCUT2D eigenvalue weighted by molar-refractivity contribution is 5.85. The van der Waals surface area contributed by atoms with Gasteiger partial charge in [-0.25, -0.2) is 0 Å². The van der Waals surface area contributed by atoms with Crippen molar-refractivity contribution in [3.8, 4) is 0 Å². The van der Waals surface area contributed by atoms with Crippen molar-refractivity contribution in [2.45, 2.75) is 33.2 Å². The fourth-order valence-corrected chi connectivity index (χ4v) is 2.52. The Morgan fingerprint density at radius 3 is 2.48 bits per heavy atom. The molecule has 0 atom stereocenters. The number of hydrogen-bond acceptors (Lipinski definition) is 5. The minimum Gasteiger partial charge on any atom is -0.440 e. The first-order valence-electron chi connectivity index (χ1n) is 6.94. The van der Waals surface area contributed by atoms with Gasteiger partial charge < -0.3 is 9.32 Å². The number of benzene rings is 1. The van der Waals surface area contributed by atoms with Gasteiger partial charge in [-0.15, -0.1) is 0 Å². The van der Waals surface area contributed by atoms with Crippen LogP contribution in [0.1, 0.15) is 36.5 Å². The predicted molar refractivity (Wildman–Crippen MR) is 85.1 cm³/mol. The fourth-order valence-electron chi connectivity index (χ4n) is 2.52. The van der Waals surface area contributed by atoms with Gasteiger partial charge in [0.2, 0.25) is 5.88 Å². The first-order chi connectivity index (χ1) is 9.88. The van der Waals surface area contributed by atoms with Crippen LogP contribution in [0.5, 0.6) is 0 Å². The molecule has 0 bridgehead atoms. The van der Waals surface area contributed by atoms with Gasteiger partial charge in [0.05, 0.1) is 10.9 Å². The van der Waals surface area contributed by atoms with Crippen LogP contribution in [0.15, 0.2) is 26.5 Å². The zero-order chi connectivity index (χ0) is 15.7. The number of hydrogen-bond donors (Lipinski definition) is 0. The van der Waals surface area contributed by atoms with E-state index in [0.717, 1.165) is 11.1 Å². The molecule has 0 amide bonds. The molecule has 0 fully saturated rings. The van der Waals surface area contributed by atoms with Crippen molar-refractivity contribution >= 4 is 16.9 Å². The van der Waals surface area contributed by atoms with Crippen LogP contribution in [0.25, 0.3) is 11.0 Å². The van der Waals surface area contributed by atoms with Gasteiger partial charge in [-0.1, -0.05) is 31.2 Å². The molecule has 1 aromatic heterocycles. The summed E-state index contributed by atoms with van der Waals surface area (Å²) in [6, 6.07) is 3.91.